The third kappa shape index (κ3) is 3.97. The SMILES string of the molecule is CC(C)n1cnc(-c2ccc(F)cc2)c1-c1ccc2ncc(N3CCc4ccccc4C3)cc2c1. The fourth-order valence-electron chi connectivity index (χ4n) is 5.01. The summed E-state index contributed by atoms with van der Waals surface area (Å²) in [6.07, 6.45) is 4.91. The highest BCUT2D eigenvalue weighted by Gasteiger charge is 2.19. The third-order valence-electron chi connectivity index (χ3n) is 6.90. The van der Waals surface area contributed by atoms with Gasteiger partial charge in [-0.2, -0.15) is 0 Å². The summed E-state index contributed by atoms with van der Waals surface area (Å²) in [5.74, 6) is -0.247. The second-order valence-corrected chi connectivity index (χ2v) is 9.49. The van der Waals surface area contributed by atoms with Crippen molar-refractivity contribution >= 4 is 16.6 Å². The highest BCUT2D eigenvalue weighted by molar-refractivity contribution is 5.89. The first-order valence-electron chi connectivity index (χ1n) is 12.1. The molecule has 0 amide bonds. The number of rotatable bonds is 4. The number of nitrogens with zero attached hydrogens (tertiary/aromatic N) is 4. The summed E-state index contributed by atoms with van der Waals surface area (Å²) in [6, 6.07) is 24.1. The molecule has 0 saturated carbocycles. The predicted octanol–water partition coefficient (Wildman–Crippen LogP) is 7.05. The molecule has 0 bridgehead atoms. The molecule has 1 aliphatic rings. The van der Waals surface area contributed by atoms with E-state index in [2.05, 4.69) is 71.8 Å². The van der Waals surface area contributed by atoms with Crippen molar-refractivity contribution in [3.63, 3.8) is 0 Å². The molecule has 6 rings (SSSR count). The standard InChI is InChI=1S/C30H27FN4/c1-20(2)35-19-33-29(22-7-10-26(31)11-8-22)30(35)23-9-12-28-25(15-23)16-27(17-32-28)34-14-13-21-5-3-4-6-24(21)18-34/h3-12,15-17,19-20H,13-14,18H2,1-2H3. The molecule has 35 heavy (non-hydrogen) atoms. The van der Waals surface area contributed by atoms with Crippen LogP contribution < -0.4 is 4.90 Å². The van der Waals surface area contributed by atoms with Gasteiger partial charge in [0.25, 0.3) is 0 Å². The molecule has 1 aliphatic heterocycles. The van der Waals surface area contributed by atoms with Gasteiger partial charge in [-0.1, -0.05) is 30.3 Å². The van der Waals surface area contributed by atoms with Gasteiger partial charge in [-0.05, 0) is 73.9 Å². The van der Waals surface area contributed by atoms with E-state index in [9.17, 15) is 4.39 Å². The lowest BCUT2D eigenvalue weighted by atomic mass is 9.99. The van der Waals surface area contributed by atoms with Crippen LogP contribution in [0.4, 0.5) is 10.1 Å². The van der Waals surface area contributed by atoms with E-state index >= 15 is 0 Å². The summed E-state index contributed by atoms with van der Waals surface area (Å²) in [6.45, 7) is 6.18. The van der Waals surface area contributed by atoms with E-state index in [1.807, 2.05) is 12.5 Å². The average molecular weight is 463 g/mol. The first-order valence-corrected chi connectivity index (χ1v) is 12.1. The number of fused-ring (bicyclic) bond motifs is 2. The zero-order valence-electron chi connectivity index (χ0n) is 19.9. The van der Waals surface area contributed by atoms with Crippen molar-refractivity contribution in [3.05, 3.63) is 102 Å². The van der Waals surface area contributed by atoms with Gasteiger partial charge >= 0.3 is 0 Å². The van der Waals surface area contributed by atoms with E-state index in [0.29, 0.717) is 0 Å². The van der Waals surface area contributed by atoms with Crippen molar-refractivity contribution in [1.82, 2.24) is 14.5 Å². The maximum Gasteiger partial charge on any atom is 0.123 e. The Morgan fingerprint density at radius 3 is 2.43 bits per heavy atom. The first-order chi connectivity index (χ1) is 17.1. The zero-order valence-corrected chi connectivity index (χ0v) is 19.9. The Bertz CT molecular complexity index is 1520. The second kappa shape index (κ2) is 8.66. The molecule has 174 valence electrons. The lowest BCUT2D eigenvalue weighted by Gasteiger charge is -2.30. The number of hydrogen-bond donors (Lipinski definition) is 0. The fourth-order valence-corrected chi connectivity index (χ4v) is 5.01. The van der Waals surface area contributed by atoms with E-state index in [-0.39, 0.29) is 11.9 Å². The van der Waals surface area contributed by atoms with Crippen LogP contribution in [0.2, 0.25) is 0 Å². The minimum atomic E-state index is -0.247. The smallest absolute Gasteiger partial charge is 0.123 e. The molecule has 0 saturated heterocycles. The van der Waals surface area contributed by atoms with Crippen LogP contribution in [0.1, 0.15) is 31.0 Å². The van der Waals surface area contributed by atoms with Crippen LogP contribution in [0.25, 0.3) is 33.4 Å². The Labute approximate surface area is 204 Å². The maximum atomic E-state index is 13.6. The lowest BCUT2D eigenvalue weighted by molar-refractivity contribution is 0.605. The monoisotopic (exact) mass is 462 g/mol. The maximum absolute atomic E-state index is 13.6. The largest absolute Gasteiger partial charge is 0.366 e. The van der Waals surface area contributed by atoms with Crippen molar-refractivity contribution in [2.24, 2.45) is 0 Å². The quantitative estimate of drug-likeness (QED) is 0.287. The summed E-state index contributed by atoms with van der Waals surface area (Å²) in [4.78, 5) is 11.9. The molecule has 0 radical (unpaired) electrons. The molecule has 0 aliphatic carbocycles. The highest BCUT2D eigenvalue weighted by Crippen LogP contribution is 2.35. The predicted molar refractivity (Wildman–Crippen MR) is 140 cm³/mol. The zero-order chi connectivity index (χ0) is 23.9. The summed E-state index contributed by atoms with van der Waals surface area (Å²) < 4.78 is 15.7. The number of halogens is 1. The number of imidazole rings is 1. The Morgan fingerprint density at radius 2 is 1.63 bits per heavy atom. The number of anilines is 1. The van der Waals surface area contributed by atoms with E-state index in [4.69, 9.17) is 9.97 Å². The van der Waals surface area contributed by atoms with Gasteiger partial charge in [-0.15, -0.1) is 0 Å². The number of aromatic nitrogens is 3. The molecule has 2 aromatic heterocycles. The van der Waals surface area contributed by atoms with Crippen LogP contribution in [0.15, 0.2) is 85.3 Å². The van der Waals surface area contributed by atoms with Gasteiger partial charge in [-0.25, -0.2) is 9.37 Å². The van der Waals surface area contributed by atoms with Crippen LogP contribution >= 0.6 is 0 Å². The molecule has 4 nitrogen and oxygen atoms in total. The summed E-state index contributed by atoms with van der Waals surface area (Å²) in [5.41, 5.74) is 8.80. The van der Waals surface area contributed by atoms with E-state index < -0.39 is 0 Å². The molecular formula is C30H27FN4. The second-order valence-electron chi connectivity index (χ2n) is 9.49. The lowest BCUT2D eigenvalue weighted by Crippen LogP contribution is -2.30. The molecule has 3 aromatic carbocycles. The third-order valence-corrected chi connectivity index (χ3v) is 6.90. The highest BCUT2D eigenvalue weighted by atomic mass is 19.1. The van der Waals surface area contributed by atoms with Gasteiger partial charge in [0.05, 0.1) is 35.1 Å². The molecular weight excluding hydrogens is 435 g/mol. The molecule has 5 heteroatoms. The van der Waals surface area contributed by atoms with Crippen LogP contribution in [-0.4, -0.2) is 21.1 Å². The Kier molecular flexibility index (Phi) is 5.33. The normalized spacial score (nSPS) is 13.4. The molecule has 0 atom stereocenters. The van der Waals surface area contributed by atoms with Gasteiger partial charge in [0.15, 0.2) is 0 Å². The Hall–Kier alpha value is -3.99. The summed E-state index contributed by atoms with van der Waals surface area (Å²) in [7, 11) is 0. The van der Waals surface area contributed by atoms with E-state index in [1.165, 1.54) is 23.3 Å². The summed E-state index contributed by atoms with van der Waals surface area (Å²) in [5, 5.41) is 1.10. The molecule has 0 spiro atoms. The van der Waals surface area contributed by atoms with Gasteiger partial charge in [0.1, 0.15) is 5.82 Å². The molecule has 0 N–H and O–H groups in total. The Morgan fingerprint density at radius 1 is 0.857 bits per heavy atom. The fraction of sp³-hybridized carbons (Fsp3) is 0.200. The molecule has 0 fully saturated rings. The van der Waals surface area contributed by atoms with Gasteiger partial charge < -0.3 is 9.47 Å². The van der Waals surface area contributed by atoms with Crippen LogP contribution in [0.5, 0.6) is 0 Å². The topological polar surface area (TPSA) is 34.0 Å². The van der Waals surface area contributed by atoms with Crippen molar-refractivity contribution in [2.75, 3.05) is 11.4 Å². The first kappa shape index (κ1) is 21.5. The molecule has 3 heterocycles. The minimum Gasteiger partial charge on any atom is -0.366 e. The van der Waals surface area contributed by atoms with Gasteiger partial charge in [0, 0.05) is 35.6 Å². The van der Waals surface area contributed by atoms with Crippen molar-refractivity contribution < 1.29 is 4.39 Å². The minimum absolute atomic E-state index is 0.236. The van der Waals surface area contributed by atoms with E-state index in [0.717, 1.165) is 58.6 Å². The van der Waals surface area contributed by atoms with E-state index in [1.54, 1.807) is 12.1 Å². The van der Waals surface area contributed by atoms with Crippen molar-refractivity contribution in [1.29, 1.82) is 0 Å². The summed E-state index contributed by atoms with van der Waals surface area (Å²) >= 11 is 0. The van der Waals surface area contributed by atoms with Crippen LogP contribution in [0.3, 0.4) is 0 Å². The molecule has 5 aromatic rings. The van der Waals surface area contributed by atoms with Gasteiger partial charge in [0.2, 0.25) is 0 Å². The number of pyridine rings is 1. The molecule has 0 unspecified atom stereocenters. The average Bonchev–Trinajstić information content (AvgIpc) is 3.34. The van der Waals surface area contributed by atoms with Crippen LogP contribution in [-0.2, 0) is 13.0 Å². The van der Waals surface area contributed by atoms with Gasteiger partial charge in [-0.3, -0.25) is 4.98 Å². The van der Waals surface area contributed by atoms with Crippen LogP contribution in [0, 0.1) is 5.82 Å². The number of hydrogen-bond acceptors (Lipinski definition) is 3. The number of benzene rings is 3. The Balaban J connectivity index is 1.42. The van der Waals surface area contributed by atoms with Crippen molar-refractivity contribution in [2.45, 2.75) is 32.9 Å². The van der Waals surface area contributed by atoms with Crippen molar-refractivity contribution in [3.8, 4) is 22.5 Å².